The van der Waals surface area contributed by atoms with E-state index in [0.29, 0.717) is 46.7 Å². The van der Waals surface area contributed by atoms with Gasteiger partial charge >= 0.3 is 0 Å². The number of nitrogens with zero attached hydrogens (tertiary/aromatic N) is 4. The number of aromatic amines is 1. The standard InChI is InChI=1S/C34H41N5O5S/c1-24-9-7-12-34(21-24,30-22-35-23-39(30)31-10-3-6-17-44-31)45(40,41)33-32-25-19-28(42-2)29(20-27(25)37-26(32)11-13-36-33)43-18-8-16-38-14-4-5-15-38/h7,9,11,13,19-23,31,37H,3-6,8,10,12,14-18H2,1-2H3. The van der Waals surface area contributed by atoms with Crippen molar-refractivity contribution >= 4 is 31.6 Å². The highest BCUT2D eigenvalue weighted by molar-refractivity contribution is 7.92. The van der Waals surface area contributed by atoms with Crippen molar-refractivity contribution in [2.45, 2.75) is 67.9 Å². The summed E-state index contributed by atoms with van der Waals surface area (Å²) in [5, 5.41) is 1.26. The number of imidazole rings is 1. The van der Waals surface area contributed by atoms with E-state index < -0.39 is 14.6 Å². The molecule has 0 saturated carbocycles. The molecule has 11 heteroatoms. The van der Waals surface area contributed by atoms with E-state index in [1.54, 1.807) is 25.8 Å². The summed E-state index contributed by atoms with van der Waals surface area (Å²) in [7, 11) is -2.53. The molecule has 1 aliphatic carbocycles. The summed E-state index contributed by atoms with van der Waals surface area (Å²) in [6.45, 7) is 6.47. The SMILES string of the molecule is COc1cc2c(cc1OCCCN1CCCC1)[nH]c1ccnc(S(=O)(=O)C3(c4cncn4C4CCCCO4)C=C(C)C=CC3)c12. The van der Waals surface area contributed by atoms with Gasteiger partial charge < -0.3 is 28.7 Å². The smallest absolute Gasteiger partial charge is 0.211 e. The van der Waals surface area contributed by atoms with E-state index in [2.05, 4.69) is 19.9 Å². The zero-order chi connectivity index (χ0) is 31.0. The van der Waals surface area contributed by atoms with Crippen molar-refractivity contribution in [3.8, 4) is 11.5 Å². The summed E-state index contributed by atoms with van der Waals surface area (Å²) in [4.78, 5) is 14.9. The zero-order valence-corrected chi connectivity index (χ0v) is 26.8. The van der Waals surface area contributed by atoms with Crippen molar-refractivity contribution in [1.29, 1.82) is 0 Å². The summed E-state index contributed by atoms with van der Waals surface area (Å²) in [5.41, 5.74) is 2.88. The van der Waals surface area contributed by atoms with Gasteiger partial charge in [0.15, 0.2) is 16.5 Å². The Morgan fingerprint density at radius 3 is 2.78 bits per heavy atom. The van der Waals surface area contributed by atoms with E-state index in [1.807, 2.05) is 47.9 Å². The van der Waals surface area contributed by atoms with Crippen LogP contribution in [0.15, 0.2) is 65.7 Å². The Morgan fingerprint density at radius 1 is 1.13 bits per heavy atom. The van der Waals surface area contributed by atoms with Crippen LogP contribution in [0.2, 0.25) is 0 Å². The summed E-state index contributed by atoms with van der Waals surface area (Å²) in [6.07, 6.45) is 16.9. The van der Waals surface area contributed by atoms with Gasteiger partial charge in [0, 0.05) is 36.2 Å². The van der Waals surface area contributed by atoms with Crippen LogP contribution in [0.1, 0.15) is 63.8 Å². The lowest BCUT2D eigenvalue weighted by Crippen LogP contribution is -2.38. The number of likely N-dealkylation sites (tertiary alicyclic amines) is 1. The summed E-state index contributed by atoms with van der Waals surface area (Å²) >= 11 is 0. The Bertz CT molecular complexity index is 1860. The molecule has 0 bridgehead atoms. The molecule has 2 fully saturated rings. The summed E-state index contributed by atoms with van der Waals surface area (Å²) in [5.74, 6) is 1.18. The van der Waals surface area contributed by atoms with Crippen LogP contribution in [0, 0.1) is 0 Å². The van der Waals surface area contributed by atoms with Crippen LogP contribution in [0.25, 0.3) is 21.8 Å². The van der Waals surface area contributed by atoms with E-state index >= 15 is 8.42 Å². The molecule has 238 valence electrons. The van der Waals surface area contributed by atoms with Gasteiger partial charge in [-0.2, -0.15) is 0 Å². The maximum Gasteiger partial charge on any atom is 0.211 e. The predicted molar refractivity (Wildman–Crippen MR) is 173 cm³/mol. The third kappa shape index (κ3) is 5.34. The highest BCUT2D eigenvalue weighted by Gasteiger charge is 2.49. The van der Waals surface area contributed by atoms with Crippen LogP contribution in [0.4, 0.5) is 0 Å². The minimum atomic E-state index is -4.14. The maximum atomic E-state index is 15.2. The first-order valence-electron chi connectivity index (χ1n) is 16.0. The number of benzene rings is 1. The maximum absolute atomic E-state index is 15.2. The average molecular weight is 632 g/mol. The Hall–Kier alpha value is -3.67. The highest BCUT2D eigenvalue weighted by Crippen LogP contribution is 2.47. The van der Waals surface area contributed by atoms with Gasteiger partial charge in [-0.15, -0.1) is 0 Å². The molecule has 7 rings (SSSR count). The molecule has 2 atom stereocenters. The van der Waals surface area contributed by atoms with Gasteiger partial charge in [-0.25, -0.2) is 18.4 Å². The number of H-pyrrole nitrogens is 1. The van der Waals surface area contributed by atoms with Crippen LogP contribution in [0.3, 0.4) is 0 Å². The normalized spacial score (nSPS) is 22.7. The second-order valence-electron chi connectivity index (χ2n) is 12.4. The van der Waals surface area contributed by atoms with Crippen molar-refractivity contribution in [1.82, 2.24) is 24.4 Å². The van der Waals surface area contributed by atoms with E-state index in [9.17, 15) is 0 Å². The molecule has 3 aliphatic rings. The molecule has 2 unspecified atom stereocenters. The molecule has 1 aromatic carbocycles. The number of allylic oxidation sites excluding steroid dienone is 3. The third-order valence-electron chi connectivity index (χ3n) is 9.40. The molecular weight excluding hydrogens is 590 g/mol. The Labute approximate surface area is 264 Å². The van der Waals surface area contributed by atoms with Crippen molar-refractivity contribution in [2.75, 3.05) is 40.0 Å². The number of rotatable bonds is 10. The fourth-order valence-corrected chi connectivity index (χ4v) is 9.27. The zero-order valence-electron chi connectivity index (χ0n) is 26.0. The molecular formula is C34H41N5O5S. The summed E-state index contributed by atoms with van der Waals surface area (Å²) < 4.78 is 48.8. The molecule has 3 aromatic heterocycles. The lowest BCUT2D eigenvalue weighted by Gasteiger charge is -2.35. The lowest BCUT2D eigenvalue weighted by atomic mass is 9.92. The van der Waals surface area contributed by atoms with Gasteiger partial charge in [-0.1, -0.05) is 23.8 Å². The Kier molecular flexibility index (Phi) is 8.18. The minimum Gasteiger partial charge on any atom is -0.493 e. The second-order valence-corrected chi connectivity index (χ2v) is 14.5. The molecule has 45 heavy (non-hydrogen) atoms. The number of sulfone groups is 1. The molecule has 2 aliphatic heterocycles. The van der Waals surface area contributed by atoms with E-state index in [1.165, 1.54) is 12.8 Å². The van der Waals surface area contributed by atoms with E-state index in [-0.39, 0.29) is 17.7 Å². The number of methoxy groups -OCH3 is 1. The highest BCUT2D eigenvalue weighted by atomic mass is 32.2. The molecule has 10 nitrogen and oxygen atoms in total. The molecule has 0 amide bonds. The van der Waals surface area contributed by atoms with Gasteiger partial charge in [0.2, 0.25) is 9.84 Å². The van der Waals surface area contributed by atoms with Crippen LogP contribution in [-0.2, 0) is 19.3 Å². The van der Waals surface area contributed by atoms with Gasteiger partial charge in [0.1, 0.15) is 11.0 Å². The third-order valence-corrected chi connectivity index (χ3v) is 11.7. The van der Waals surface area contributed by atoms with Gasteiger partial charge in [0.05, 0.1) is 43.0 Å². The first-order chi connectivity index (χ1) is 21.9. The Balaban J connectivity index is 1.30. The number of pyridine rings is 1. The predicted octanol–water partition coefficient (Wildman–Crippen LogP) is 6.06. The van der Waals surface area contributed by atoms with Crippen molar-refractivity contribution in [3.05, 3.63) is 66.4 Å². The van der Waals surface area contributed by atoms with E-state index in [0.717, 1.165) is 56.4 Å². The Morgan fingerprint density at radius 2 is 2.00 bits per heavy atom. The number of fused-ring (bicyclic) bond motifs is 3. The van der Waals surface area contributed by atoms with Crippen molar-refractivity contribution in [2.24, 2.45) is 0 Å². The van der Waals surface area contributed by atoms with Crippen LogP contribution >= 0.6 is 0 Å². The largest absolute Gasteiger partial charge is 0.493 e. The van der Waals surface area contributed by atoms with Crippen molar-refractivity contribution in [3.63, 3.8) is 0 Å². The number of ether oxygens (including phenoxy) is 3. The fraction of sp³-hybridized carbons (Fsp3) is 0.471. The number of hydrogen-bond acceptors (Lipinski definition) is 8. The first-order valence-corrected chi connectivity index (χ1v) is 17.5. The quantitative estimate of drug-likeness (QED) is 0.210. The summed E-state index contributed by atoms with van der Waals surface area (Å²) in [6, 6.07) is 5.57. The van der Waals surface area contributed by atoms with Crippen LogP contribution < -0.4 is 9.47 Å². The molecule has 1 N–H and O–H groups in total. The number of aromatic nitrogens is 4. The molecule has 5 heterocycles. The monoisotopic (exact) mass is 631 g/mol. The second kappa shape index (κ2) is 12.3. The number of nitrogens with one attached hydrogen (secondary N) is 1. The fourth-order valence-electron chi connectivity index (χ4n) is 7.15. The minimum absolute atomic E-state index is 0.0178. The number of hydrogen-bond donors (Lipinski definition) is 1. The first kappa shape index (κ1) is 30.0. The van der Waals surface area contributed by atoms with Crippen LogP contribution in [-0.4, -0.2) is 72.8 Å². The van der Waals surface area contributed by atoms with Crippen LogP contribution in [0.5, 0.6) is 11.5 Å². The molecule has 2 saturated heterocycles. The average Bonchev–Trinajstić information content (AvgIpc) is 3.83. The topological polar surface area (TPSA) is 112 Å². The molecule has 4 aromatic rings. The molecule has 0 spiro atoms. The molecule has 0 radical (unpaired) electrons. The van der Waals surface area contributed by atoms with Crippen molar-refractivity contribution < 1.29 is 22.6 Å². The van der Waals surface area contributed by atoms with Gasteiger partial charge in [-0.3, -0.25) is 0 Å². The van der Waals surface area contributed by atoms with Gasteiger partial charge in [-0.05, 0) is 77.1 Å². The lowest BCUT2D eigenvalue weighted by molar-refractivity contribution is -0.0340. The van der Waals surface area contributed by atoms with E-state index in [4.69, 9.17) is 14.2 Å². The van der Waals surface area contributed by atoms with Gasteiger partial charge in [0.25, 0.3) is 0 Å².